The first-order valence-electron chi connectivity index (χ1n) is 10.3. The van der Waals surface area contributed by atoms with E-state index in [1.54, 1.807) is 7.11 Å². The highest BCUT2D eigenvalue weighted by Crippen LogP contribution is 2.43. The Balaban J connectivity index is 1.28. The molecular formula is C24H25N3O3. The average Bonchev–Trinajstić information content (AvgIpc) is 3.14. The van der Waals surface area contributed by atoms with Gasteiger partial charge in [0.2, 0.25) is 0 Å². The Hall–Kier alpha value is -2.96. The maximum absolute atomic E-state index is 6.21. The monoisotopic (exact) mass is 403 g/mol. The van der Waals surface area contributed by atoms with Gasteiger partial charge in [-0.15, -0.1) is 0 Å². The Labute approximate surface area is 176 Å². The number of rotatable bonds is 6. The lowest BCUT2D eigenvalue weighted by Gasteiger charge is -2.47. The van der Waals surface area contributed by atoms with Gasteiger partial charge in [0.05, 0.1) is 26.0 Å². The standard InChI is InChI=1S/C24H25N3O3/c1-3-29-21-10-9-17(11-22(21)28-2)13-27-15-24(16-27)19-12-25-23(26-20(19)14-30-24)18-7-5-4-6-8-18/h4-12H,3,13-16H2,1-2H3. The third kappa shape index (κ3) is 3.32. The predicted molar refractivity (Wildman–Crippen MR) is 113 cm³/mol. The van der Waals surface area contributed by atoms with Gasteiger partial charge < -0.3 is 14.2 Å². The summed E-state index contributed by atoms with van der Waals surface area (Å²) in [4.78, 5) is 11.8. The summed E-state index contributed by atoms with van der Waals surface area (Å²) in [6.07, 6.45) is 1.95. The zero-order valence-corrected chi connectivity index (χ0v) is 17.3. The zero-order valence-electron chi connectivity index (χ0n) is 17.3. The van der Waals surface area contributed by atoms with Gasteiger partial charge >= 0.3 is 0 Å². The van der Waals surface area contributed by atoms with Crippen molar-refractivity contribution in [2.45, 2.75) is 25.7 Å². The van der Waals surface area contributed by atoms with Crippen LogP contribution in [0.2, 0.25) is 0 Å². The minimum Gasteiger partial charge on any atom is -0.493 e. The second kappa shape index (κ2) is 7.70. The zero-order chi connectivity index (χ0) is 20.6. The van der Waals surface area contributed by atoms with Gasteiger partial charge in [-0.05, 0) is 24.6 Å². The number of nitrogens with zero attached hydrogens (tertiary/aromatic N) is 3. The fraction of sp³-hybridized carbons (Fsp3) is 0.333. The summed E-state index contributed by atoms with van der Waals surface area (Å²) in [7, 11) is 1.67. The molecule has 6 heteroatoms. The smallest absolute Gasteiger partial charge is 0.161 e. The summed E-state index contributed by atoms with van der Waals surface area (Å²) < 4.78 is 17.3. The lowest BCUT2D eigenvalue weighted by atomic mass is 9.87. The van der Waals surface area contributed by atoms with Crippen LogP contribution in [0.1, 0.15) is 23.7 Å². The van der Waals surface area contributed by atoms with Crippen LogP contribution in [0.25, 0.3) is 11.4 Å². The van der Waals surface area contributed by atoms with E-state index in [4.69, 9.17) is 19.2 Å². The van der Waals surface area contributed by atoms with Crippen molar-refractivity contribution < 1.29 is 14.2 Å². The molecule has 154 valence electrons. The molecule has 0 aliphatic carbocycles. The Morgan fingerprint density at radius 3 is 2.70 bits per heavy atom. The molecule has 0 unspecified atom stereocenters. The molecule has 1 fully saturated rings. The maximum Gasteiger partial charge on any atom is 0.161 e. The third-order valence-corrected chi connectivity index (χ3v) is 5.77. The van der Waals surface area contributed by atoms with E-state index < -0.39 is 0 Å². The average molecular weight is 403 g/mol. The fourth-order valence-electron chi connectivity index (χ4n) is 4.31. The first-order chi connectivity index (χ1) is 14.7. The van der Waals surface area contributed by atoms with Crippen molar-refractivity contribution in [2.24, 2.45) is 0 Å². The van der Waals surface area contributed by atoms with Crippen LogP contribution in [-0.4, -0.2) is 41.7 Å². The van der Waals surface area contributed by atoms with Gasteiger partial charge in [-0.3, -0.25) is 4.90 Å². The lowest BCUT2D eigenvalue weighted by molar-refractivity contribution is -0.145. The van der Waals surface area contributed by atoms with E-state index in [2.05, 4.69) is 22.0 Å². The van der Waals surface area contributed by atoms with Gasteiger partial charge in [0.15, 0.2) is 17.3 Å². The number of hydrogen-bond donors (Lipinski definition) is 0. The quantitative estimate of drug-likeness (QED) is 0.624. The molecule has 0 bridgehead atoms. The summed E-state index contributed by atoms with van der Waals surface area (Å²) in [6, 6.07) is 16.2. The summed E-state index contributed by atoms with van der Waals surface area (Å²) >= 11 is 0. The molecule has 0 amide bonds. The molecule has 2 aromatic carbocycles. The van der Waals surface area contributed by atoms with Crippen molar-refractivity contribution in [1.82, 2.24) is 14.9 Å². The van der Waals surface area contributed by atoms with Crippen molar-refractivity contribution in [3.05, 3.63) is 71.5 Å². The second-order valence-electron chi connectivity index (χ2n) is 7.77. The van der Waals surface area contributed by atoms with Crippen LogP contribution in [-0.2, 0) is 23.5 Å². The van der Waals surface area contributed by atoms with E-state index in [1.807, 2.05) is 49.5 Å². The summed E-state index contributed by atoms with van der Waals surface area (Å²) in [5.74, 6) is 2.31. The van der Waals surface area contributed by atoms with Gasteiger partial charge in [-0.1, -0.05) is 36.4 Å². The molecule has 1 saturated heterocycles. The molecule has 2 aliphatic rings. The van der Waals surface area contributed by atoms with E-state index in [0.717, 1.165) is 53.8 Å². The van der Waals surface area contributed by atoms with Crippen LogP contribution >= 0.6 is 0 Å². The number of ether oxygens (including phenoxy) is 3. The molecular weight excluding hydrogens is 378 g/mol. The highest BCUT2D eigenvalue weighted by molar-refractivity contribution is 5.55. The lowest BCUT2D eigenvalue weighted by Crippen LogP contribution is -2.58. The Morgan fingerprint density at radius 1 is 1.10 bits per heavy atom. The highest BCUT2D eigenvalue weighted by atomic mass is 16.5. The summed E-state index contributed by atoms with van der Waals surface area (Å²) in [5, 5.41) is 0. The number of methoxy groups -OCH3 is 1. The number of hydrogen-bond acceptors (Lipinski definition) is 6. The number of aromatic nitrogens is 2. The van der Waals surface area contributed by atoms with Gasteiger partial charge in [-0.25, -0.2) is 9.97 Å². The van der Waals surface area contributed by atoms with E-state index in [-0.39, 0.29) is 5.60 Å². The van der Waals surface area contributed by atoms with Crippen LogP contribution in [0.15, 0.2) is 54.7 Å². The molecule has 5 rings (SSSR count). The molecule has 1 aromatic heterocycles. The third-order valence-electron chi connectivity index (χ3n) is 5.77. The Bertz CT molecular complexity index is 1050. The number of likely N-dealkylation sites (tertiary alicyclic amines) is 1. The van der Waals surface area contributed by atoms with Crippen molar-refractivity contribution >= 4 is 0 Å². The van der Waals surface area contributed by atoms with E-state index >= 15 is 0 Å². The van der Waals surface area contributed by atoms with Gasteiger partial charge in [0, 0.05) is 37.0 Å². The van der Waals surface area contributed by atoms with Crippen LogP contribution in [0.3, 0.4) is 0 Å². The first-order valence-corrected chi connectivity index (χ1v) is 10.3. The van der Waals surface area contributed by atoms with Crippen molar-refractivity contribution in [3.63, 3.8) is 0 Å². The summed E-state index contributed by atoms with van der Waals surface area (Å²) in [5.41, 5.74) is 4.08. The van der Waals surface area contributed by atoms with Crippen LogP contribution in [0, 0.1) is 0 Å². The molecule has 0 radical (unpaired) electrons. The minimum atomic E-state index is -0.278. The van der Waals surface area contributed by atoms with Crippen LogP contribution in [0.5, 0.6) is 11.5 Å². The predicted octanol–water partition coefficient (Wildman–Crippen LogP) is 3.79. The molecule has 6 nitrogen and oxygen atoms in total. The largest absolute Gasteiger partial charge is 0.493 e. The molecule has 3 aromatic rings. The maximum atomic E-state index is 6.21. The molecule has 1 spiro atoms. The van der Waals surface area contributed by atoms with Gasteiger partial charge in [-0.2, -0.15) is 0 Å². The van der Waals surface area contributed by atoms with E-state index in [0.29, 0.717) is 13.2 Å². The molecule has 0 atom stereocenters. The van der Waals surface area contributed by atoms with E-state index in [9.17, 15) is 0 Å². The van der Waals surface area contributed by atoms with Crippen molar-refractivity contribution in [2.75, 3.05) is 26.8 Å². The Morgan fingerprint density at radius 2 is 1.93 bits per heavy atom. The van der Waals surface area contributed by atoms with Gasteiger partial charge in [0.25, 0.3) is 0 Å². The van der Waals surface area contributed by atoms with Gasteiger partial charge in [0.1, 0.15) is 5.60 Å². The highest BCUT2D eigenvalue weighted by Gasteiger charge is 2.50. The molecule has 0 N–H and O–H groups in total. The molecule has 2 aliphatic heterocycles. The molecule has 3 heterocycles. The van der Waals surface area contributed by atoms with Crippen molar-refractivity contribution in [3.8, 4) is 22.9 Å². The topological polar surface area (TPSA) is 56.7 Å². The second-order valence-corrected chi connectivity index (χ2v) is 7.77. The fourth-order valence-corrected chi connectivity index (χ4v) is 4.31. The number of benzene rings is 2. The van der Waals surface area contributed by atoms with Crippen molar-refractivity contribution in [1.29, 1.82) is 0 Å². The number of fused-ring (bicyclic) bond motifs is 2. The van der Waals surface area contributed by atoms with Crippen LogP contribution < -0.4 is 9.47 Å². The first kappa shape index (κ1) is 19.0. The van der Waals surface area contributed by atoms with E-state index in [1.165, 1.54) is 5.56 Å². The SMILES string of the molecule is CCOc1ccc(CN2CC3(C2)OCc2nc(-c4ccccc4)ncc23)cc1OC. The minimum absolute atomic E-state index is 0.278. The molecule has 30 heavy (non-hydrogen) atoms. The Kier molecular flexibility index (Phi) is 4.89. The molecule has 0 saturated carbocycles. The normalized spacial score (nSPS) is 16.9. The summed E-state index contributed by atoms with van der Waals surface area (Å²) in [6.45, 7) is 5.65. The van der Waals surface area contributed by atoms with Crippen LogP contribution in [0.4, 0.5) is 0 Å².